The van der Waals surface area contributed by atoms with Crippen molar-refractivity contribution in [3.63, 3.8) is 0 Å². The van der Waals surface area contributed by atoms with Gasteiger partial charge in [0.25, 0.3) is 0 Å². The van der Waals surface area contributed by atoms with Gasteiger partial charge in [0.05, 0.1) is 12.1 Å². The van der Waals surface area contributed by atoms with E-state index in [2.05, 4.69) is 22.0 Å². The molecule has 1 fully saturated rings. The first-order chi connectivity index (χ1) is 11.1. The molecule has 1 atom stereocenters. The maximum Gasteiger partial charge on any atom is 0.244 e. The van der Waals surface area contributed by atoms with Crippen LogP contribution in [0.15, 0.2) is 22.7 Å². The summed E-state index contributed by atoms with van der Waals surface area (Å²) in [6.07, 6.45) is 2.35. The van der Waals surface area contributed by atoms with Gasteiger partial charge in [-0.1, -0.05) is 17.3 Å². The van der Waals surface area contributed by atoms with Crippen molar-refractivity contribution in [2.45, 2.75) is 38.8 Å². The van der Waals surface area contributed by atoms with Crippen LogP contribution in [-0.4, -0.2) is 41.3 Å². The quantitative estimate of drug-likeness (QED) is 0.865. The molecule has 0 aliphatic carbocycles. The second kappa shape index (κ2) is 6.76. The zero-order valence-electron chi connectivity index (χ0n) is 13.8. The van der Waals surface area contributed by atoms with Gasteiger partial charge in [-0.2, -0.15) is 4.98 Å². The summed E-state index contributed by atoms with van der Waals surface area (Å²) in [6, 6.07) is 5.02. The fourth-order valence-electron chi connectivity index (χ4n) is 2.91. The van der Waals surface area contributed by atoms with E-state index >= 15 is 0 Å². The molecule has 0 spiro atoms. The third-order valence-corrected chi connectivity index (χ3v) is 4.59. The van der Waals surface area contributed by atoms with Gasteiger partial charge in [-0.25, -0.2) is 4.39 Å². The van der Waals surface area contributed by atoms with E-state index in [0.29, 0.717) is 28.9 Å². The largest absolute Gasteiger partial charge is 0.381 e. The maximum absolute atomic E-state index is 13.7. The van der Waals surface area contributed by atoms with Gasteiger partial charge in [0.1, 0.15) is 5.82 Å². The molecule has 1 aromatic heterocycles. The summed E-state index contributed by atoms with van der Waals surface area (Å²) in [7, 11) is 1.76. The van der Waals surface area contributed by atoms with Crippen molar-refractivity contribution < 1.29 is 13.7 Å². The SMILES string of the molecule is COC1CCN([C@H](C)c2nc(-c3ccc(C)c(F)c3)no2)CC1. The smallest absolute Gasteiger partial charge is 0.244 e. The highest BCUT2D eigenvalue weighted by molar-refractivity contribution is 5.54. The highest BCUT2D eigenvalue weighted by Gasteiger charge is 2.26. The Balaban J connectivity index is 1.72. The first-order valence-corrected chi connectivity index (χ1v) is 7.95. The lowest BCUT2D eigenvalue weighted by molar-refractivity contribution is 0.0247. The Morgan fingerprint density at radius 3 is 2.74 bits per heavy atom. The van der Waals surface area contributed by atoms with Crippen molar-refractivity contribution in [1.82, 2.24) is 15.0 Å². The Morgan fingerprint density at radius 2 is 2.09 bits per heavy atom. The second-order valence-corrected chi connectivity index (χ2v) is 6.07. The topological polar surface area (TPSA) is 51.4 Å². The van der Waals surface area contributed by atoms with Crippen LogP contribution in [0.3, 0.4) is 0 Å². The summed E-state index contributed by atoms with van der Waals surface area (Å²) in [4.78, 5) is 6.76. The molecule has 0 radical (unpaired) electrons. The van der Waals surface area contributed by atoms with Gasteiger partial charge in [0.2, 0.25) is 11.7 Å². The van der Waals surface area contributed by atoms with E-state index in [-0.39, 0.29) is 11.9 Å². The lowest BCUT2D eigenvalue weighted by Crippen LogP contribution is -2.38. The molecule has 6 heteroatoms. The Labute approximate surface area is 135 Å². The summed E-state index contributed by atoms with van der Waals surface area (Å²) in [5.41, 5.74) is 1.24. The predicted octanol–water partition coefficient (Wildman–Crippen LogP) is 3.36. The molecule has 3 rings (SSSR count). The van der Waals surface area contributed by atoms with Crippen molar-refractivity contribution in [3.05, 3.63) is 35.5 Å². The first kappa shape index (κ1) is 16.1. The van der Waals surface area contributed by atoms with Crippen LogP contribution in [0, 0.1) is 12.7 Å². The molecule has 1 saturated heterocycles. The van der Waals surface area contributed by atoms with E-state index in [0.717, 1.165) is 25.9 Å². The molecule has 2 aromatic rings. The zero-order chi connectivity index (χ0) is 16.4. The lowest BCUT2D eigenvalue weighted by Gasteiger charge is -2.33. The lowest BCUT2D eigenvalue weighted by atomic mass is 10.1. The number of rotatable bonds is 4. The van der Waals surface area contributed by atoms with Gasteiger partial charge < -0.3 is 9.26 Å². The van der Waals surface area contributed by atoms with Gasteiger partial charge in [-0.05, 0) is 38.3 Å². The van der Waals surface area contributed by atoms with Crippen LogP contribution in [0.4, 0.5) is 4.39 Å². The molecule has 1 aromatic carbocycles. The van der Waals surface area contributed by atoms with Crippen LogP contribution >= 0.6 is 0 Å². The molecular formula is C17H22FN3O2. The van der Waals surface area contributed by atoms with E-state index in [1.807, 2.05) is 6.07 Å². The van der Waals surface area contributed by atoms with E-state index in [1.54, 1.807) is 20.1 Å². The predicted molar refractivity (Wildman–Crippen MR) is 84.4 cm³/mol. The maximum atomic E-state index is 13.7. The Bertz CT molecular complexity index is 666. The number of methoxy groups -OCH3 is 1. The van der Waals surface area contributed by atoms with Crippen molar-refractivity contribution in [2.24, 2.45) is 0 Å². The Hall–Kier alpha value is -1.79. The molecule has 0 bridgehead atoms. The van der Waals surface area contributed by atoms with E-state index in [1.165, 1.54) is 6.07 Å². The molecule has 124 valence electrons. The van der Waals surface area contributed by atoms with E-state index in [4.69, 9.17) is 9.26 Å². The van der Waals surface area contributed by atoms with Gasteiger partial charge in [0, 0.05) is 25.8 Å². The number of piperidine rings is 1. The third kappa shape index (κ3) is 3.43. The average molecular weight is 319 g/mol. The van der Waals surface area contributed by atoms with Gasteiger partial charge in [-0.3, -0.25) is 4.90 Å². The monoisotopic (exact) mass is 319 g/mol. The molecule has 0 N–H and O–H groups in total. The Kier molecular flexibility index (Phi) is 4.73. The molecule has 2 heterocycles. The van der Waals surface area contributed by atoms with Crippen molar-refractivity contribution in [2.75, 3.05) is 20.2 Å². The molecule has 1 aliphatic rings. The first-order valence-electron chi connectivity index (χ1n) is 7.95. The number of nitrogens with zero attached hydrogens (tertiary/aromatic N) is 3. The highest BCUT2D eigenvalue weighted by Crippen LogP contribution is 2.26. The number of aromatic nitrogens is 2. The minimum atomic E-state index is -0.261. The zero-order valence-corrected chi connectivity index (χ0v) is 13.8. The summed E-state index contributed by atoms with van der Waals surface area (Å²) in [5, 5.41) is 4.00. The van der Waals surface area contributed by atoms with Crippen LogP contribution in [0.1, 0.15) is 37.3 Å². The average Bonchev–Trinajstić information content (AvgIpc) is 3.07. The Morgan fingerprint density at radius 1 is 1.35 bits per heavy atom. The molecule has 5 nitrogen and oxygen atoms in total. The van der Waals surface area contributed by atoms with E-state index in [9.17, 15) is 4.39 Å². The minimum absolute atomic E-state index is 0.0457. The molecule has 0 amide bonds. The highest BCUT2D eigenvalue weighted by atomic mass is 19.1. The van der Waals surface area contributed by atoms with Gasteiger partial charge in [0.15, 0.2) is 0 Å². The summed E-state index contributed by atoms with van der Waals surface area (Å²) < 4.78 is 24.5. The van der Waals surface area contributed by atoms with Gasteiger partial charge >= 0.3 is 0 Å². The number of halogens is 1. The summed E-state index contributed by atoms with van der Waals surface area (Å²) >= 11 is 0. The number of likely N-dealkylation sites (tertiary alicyclic amines) is 1. The van der Waals surface area contributed by atoms with Crippen molar-refractivity contribution in [3.8, 4) is 11.4 Å². The van der Waals surface area contributed by atoms with Crippen LogP contribution in [0.2, 0.25) is 0 Å². The van der Waals surface area contributed by atoms with E-state index < -0.39 is 0 Å². The molecule has 23 heavy (non-hydrogen) atoms. The van der Waals surface area contributed by atoms with Crippen LogP contribution in [0.25, 0.3) is 11.4 Å². The van der Waals surface area contributed by atoms with Crippen LogP contribution in [-0.2, 0) is 4.74 Å². The molecule has 1 aliphatic heterocycles. The van der Waals surface area contributed by atoms with Crippen molar-refractivity contribution >= 4 is 0 Å². The number of hydrogen-bond donors (Lipinski definition) is 0. The third-order valence-electron chi connectivity index (χ3n) is 4.59. The van der Waals surface area contributed by atoms with Gasteiger partial charge in [-0.15, -0.1) is 0 Å². The summed E-state index contributed by atoms with van der Waals surface area (Å²) in [5.74, 6) is 0.734. The fourth-order valence-corrected chi connectivity index (χ4v) is 2.91. The number of ether oxygens (including phenoxy) is 1. The molecule has 0 saturated carbocycles. The second-order valence-electron chi connectivity index (χ2n) is 6.07. The fraction of sp³-hybridized carbons (Fsp3) is 0.529. The summed E-state index contributed by atoms with van der Waals surface area (Å²) in [6.45, 7) is 5.67. The van der Waals surface area contributed by atoms with Crippen LogP contribution in [0.5, 0.6) is 0 Å². The minimum Gasteiger partial charge on any atom is -0.381 e. The number of hydrogen-bond acceptors (Lipinski definition) is 5. The van der Waals surface area contributed by atoms with Crippen LogP contribution < -0.4 is 0 Å². The number of aryl methyl sites for hydroxylation is 1. The standard InChI is InChI=1S/C17H22FN3O2/c1-11-4-5-13(10-15(11)18)16-19-17(23-20-16)12(2)21-8-6-14(22-3)7-9-21/h4-5,10,12,14H,6-9H2,1-3H3/t12-/m1/s1. The number of benzene rings is 1. The molecule has 0 unspecified atom stereocenters. The molecular weight excluding hydrogens is 297 g/mol. The normalized spacial score (nSPS) is 18.3. The van der Waals surface area contributed by atoms with Crippen molar-refractivity contribution in [1.29, 1.82) is 0 Å².